The van der Waals surface area contributed by atoms with E-state index in [4.69, 9.17) is 5.11 Å². The van der Waals surface area contributed by atoms with Gasteiger partial charge < -0.3 is 10.2 Å². The van der Waals surface area contributed by atoms with E-state index < -0.39 is 5.97 Å². The van der Waals surface area contributed by atoms with Crippen LogP contribution in [-0.4, -0.2) is 45.2 Å². The van der Waals surface area contributed by atoms with Gasteiger partial charge in [-0.15, -0.1) is 0 Å². The maximum Gasteiger partial charge on any atom is 0.304 e. The normalized spacial score (nSPS) is 20.4. The summed E-state index contributed by atoms with van der Waals surface area (Å²) in [6, 6.07) is 5.60. The van der Waals surface area contributed by atoms with E-state index in [1.165, 1.54) is 0 Å². The third kappa shape index (κ3) is 3.88. The number of aromatic hydroxyl groups is 1. The van der Waals surface area contributed by atoms with Gasteiger partial charge in [-0.05, 0) is 13.0 Å². The van der Waals surface area contributed by atoms with Crippen molar-refractivity contribution in [2.75, 3.05) is 18.1 Å². The highest BCUT2D eigenvalue weighted by Gasteiger charge is 2.25. The molecule has 0 amide bonds. The quantitative estimate of drug-likeness (QED) is 0.885. The molecular formula is C14H19NO3S. The summed E-state index contributed by atoms with van der Waals surface area (Å²) in [6.07, 6.45) is 0.166. The molecule has 104 valence electrons. The van der Waals surface area contributed by atoms with Gasteiger partial charge in [-0.3, -0.25) is 9.69 Å². The first-order chi connectivity index (χ1) is 9.06. The van der Waals surface area contributed by atoms with E-state index in [1.54, 1.807) is 17.8 Å². The molecule has 4 nitrogen and oxygen atoms in total. The van der Waals surface area contributed by atoms with Gasteiger partial charge in [0.2, 0.25) is 0 Å². The van der Waals surface area contributed by atoms with Crippen LogP contribution in [0.15, 0.2) is 18.2 Å². The second kappa shape index (κ2) is 6.30. The van der Waals surface area contributed by atoms with Gasteiger partial charge in [0.15, 0.2) is 0 Å². The van der Waals surface area contributed by atoms with Crippen LogP contribution in [-0.2, 0) is 11.3 Å². The third-order valence-electron chi connectivity index (χ3n) is 3.37. The average Bonchev–Trinajstić information content (AvgIpc) is 2.35. The molecule has 1 aliphatic rings. The molecule has 1 atom stereocenters. The first-order valence-corrected chi connectivity index (χ1v) is 7.54. The summed E-state index contributed by atoms with van der Waals surface area (Å²) < 4.78 is 0. The van der Waals surface area contributed by atoms with E-state index in [0.29, 0.717) is 6.54 Å². The molecule has 1 saturated heterocycles. The molecule has 1 aromatic carbocycles. The number of rotatable bonds is 4. The monoisotopic (exact) mass is 281 g/mol. The van der Waals surface area contributed by atoms with E-state index in [0.717, 1.165) is 29.2 Å². The van der Waals surface area contributed by atoms with Crippen molar-refractivity contribution in [2.24, 2.45) is 0 Å². The van der Waals surface area contributed by atoms with Crippen molar-refractivity contribution in [1.29, 1.82) is 0 Å². The Morgan fingerprint density at radius 1 is 1.53 bits per heavy atom. The highest BCUT2D eigenvalue weighted by molar-refractivity contribution is 7.99. The Kier molecular flexibility index (Phi) is 4.71. The lowest BCUT2D eigenvalue weighted by Crippen LogP contribution is -2.42. The molecule has 1 fully saturated rings. The average molecular weight is 281 g/mol. The number of benzene rings is 1. The summed E-state index contributed by atoms with van der Waals surface area (Å²) in [5.41, 5.74) is 1.98. The first-order valence-electron chi connectivity index (χ1n) is 6.38. The SMILES string of the molecule is Cc1ccc(O)c(CN2CCSCC2CC(=O)O)c1. The van der Waals surface area contributed by atoms with Crippen LogP contribution in [0.3, 0.4) is 0 Å². The van der Waals surface area contributed by atoms with Crippen molar-refractivity contribution in [2.45, 2.75) is 25.9 Å². The van der Waals surface area contributed by atoms with Crippen molar-refractivity contribution >= 4 is 17.7 Å². The molecule has 0 radical (unpaired) electrons. The van der Waals surface area contributed by atoms with Crippen LogP contribution >= 0.6 is 11.8 Å². The van der Waals surface area contributed by atoms with Gasteiger partial charge in [-0.1, -0.05) is 17.7 Å². The molecule has 1 unspecified atom stereocenters. The maximum absolute atomic E-state index is 10.9. The summed E-state index contributed by atoms with van der Waals surface area (Å²) in [5.74, 6) is 1.39. The summed E-state index contributed by atoms with van der Waals surface area (Å²) >= 11 is 1.80. The van der Waals surface area contributed by atoms with Crippen LogP contribution in [0, 0.1) is 6.92 Å². The van der Waals surface area contributed by atoms with Gasteiger partial charge in [0.1, 0.15) is 5.75 Å². The fourth-order valence-corrected chi connectivity index (χ4v) is 3.48. The van der Waals surface area contributed by atoms with Gasteiger partial charge in [0.05, 0.1) is 6.42 Å². The standard InChI is InChI=1S/C14H19NO3S/c1-10-2-3-13(16)11(6-10)8-15-4-5-19-9-12(15)7-14(17)18/h2-3,6,12,16H,4-5,7-9H2,1H3,(H,17,18). The van der Waals surface area contributed by atoms with Gasteiger partial charge in [-0.2, -0.15) is 11.8 Å². The minimum absolute atomic E-state index is 0.0520. The second-order valence-electron chi connectivity index (χ2n) is 4.93. The molecule has 1 aromatic rings. The Balaban J connectivity index is 2.10. The van der Waals surface area contributed by atoms with Gasteiger partial charge in [-0.25, -0.2) is 0 Å². The van der Waals surface area contributed by atoms with E-state index in [1.807, 2.05) is 19.1 Å². The molecule has 1 aliphatic heterocycles. The predicted molar refractivity (Wildman–Crippen MR) is 76.6 cm³/mol. The Hall–Kier alpha value is -1.20. The number of phenolic OH excluding ortho intramolecular Hbond substituents is 1. The van der Waals surface area contributed by atoms with E-state index in [2.05, 4.69) is 4.90 Å². The highest BCUT2D eigenvalue weighted by Crippen LogP contribution is 2.25. The Morgan fingerprint density at radius 2 is 2.32 bits per heavy atom. The number of nitrogens with zero attached hydrogens (tertiary/aromatic N) is 1. The fourth-order valence-electron chi connectivity index (χ4n) is 2.35. The summed E-state index contributed by atoms with van der Waals surface area (Å²) in [5, 5.41) is 18.8. The number of hydrogen-bond donors (Lipinski definition) is 2. The van der Waals surface area contributed by atoms with Crippen molar-refractivity contribution in [1.82, 2.24) is 4.90 Å². The largest absolute Gasteiger partial charge is 0.508 e. The zero-order valence-corrected chi connectivity index (χ0v) is 11.8. The third-order valence-corrected chi connectivity index (χ3v) is 4.46. The van der Waals surface area contributed by atoms with Gasteiger partial charge >= 0.3 is 5.97 Å². The first kappa shape index (κ1) is 14.2. The lowest BCUT2D eigenvalue weighted by molar-refractivity contribution is -0.138. The van der Waals surface area contributed by atoms with Crippen LogP contribution in [0.5, 0.6) is 5.75 Å². The number of thioether (sulfide) groups is 1. The smallest absolute Gasteiger partial charge is 0.304 e. The van der Waals surface area contributed by atoms with Crippen molar-refractivity contribution in [3.05, 3.63) is 29.3 Å². The summed E-state index contributed by atoms with van der Waals surface area (Å²) in [6.45, 7) is 3.48. The lowest BCUT2D eigenvalue weighted by atomic mass is 10.1. The topological polar surface area (TPSA) is 60.8 Å². The van der Waals surface area contributed by atoms with Crippen LogP contribution < -0.4 is 0 Å². The number of aryl methyl sites for hydroxylation is 1. The van der Waals surface area contributed by atoms with E-state index in [9.17, 15) is 9.90 Å². The number of phenols is 1. The Morgan fingerprint density at radius 3 is 3.05 bits per heavy atom. The molecular weight excluding hydrogens is 262 g/mol. The second-order valence-corrected chi connectivity index (χ2v) is 6.08. The molecule has 0 bridgehead atoms. The molecule has 19 heavy (non-hydrogen) atoms. The summed E-state index contributed by atoms with van der Waals surface area (Å²) in [4.78, 5) is 13.1. The minimum atomic E-state index is -0.758. The fraction of sp³-hybridized carbons (Fsp3) is 0.500. The van der Waals surface area contributed by atoms with Gasteiger partial charge in [0, 0.05) is 36.2 Å². The van der Waals surface area contributed by atoms with Gasteiger partial charge in [0.25, 0.3) is 0 Å². The van der Waals surface area contributed by atoms with Crippen molar-refractivity contribution in [3.8, 4) is 5.75 Å². The van der Waals surface area contributed by atoms with Crippen LogP contribution in [0.2, 0.25) is 0 Å². The van der Waals surface area contributed by atoms with Crippen LogP contribution in [0.4, 0.5) is 0 Å². The summed E-state index contributed by atoms with van der Waals surface area (Å²) in [7, 11) is 0. The highest BCUT2D eigenvalue weighted by atomic mass is 32.2. The molecule has 0 aliphatic carbocycles. The molecule has 0 aromatic heterocycles. The Labute approximate surface area is 117 Å². The van der Waals surface area contributed by atoms with Crippen LogP contribution in [0.25, 0.3) is 0 Å². The van der Waals surface area contributed by atoms with E-state index in [-0.39, 0.29) is 18.2 Å². The lowest BCUT2D eigenvalue weighted by Gasteiger charge is -2.34. The van der Waals surface area contributed by atoms with Crippen LogP contribution in [0.1, 0.15) is 17.5 Å². The minimum Gasteiger partial charge on any atom is -0.508 e. The zero-order valence-electron chi connectivity index (χ0n) is 11.0. The molecule has 0 spiro atoms. The van der Waals surface area contributed by atoms with E-state index >= 15 is 0 Å². The number of carboxylic acids is 1. The number of aliphatic carboxylic acids is 1. The van der Waals surface area contributed by atoms with Crippen molar-refractivity contribution < 1.29 is 15.0 Å². The molecule has 5 heteroatoms. The van der Waals surface area contributed by atoms with Crippen molar-refractivity contribution in [3.63, 3.8) is 0 Å². The Bertz CT molecular complexity index is 464. The number of carboxylic acid groups (broad SMARTS) is 1. The predicted octanol–water partition coefficient (Wildman–Crippen LogP) is 2.09. The molecule has 2 N–H and O–H groups in total. The molecule has 2 rings (SSSR count). The number of hydrogen-bond acceptors (Lipinski definition) is 4. The molecule has 0 saturated carbocycles. The maximum atomic E-state index is 10.9. The zero-order chi connectivity index (χ0) is 13.8. The molecule has 1 heterocycles. The number of carbonyl (C=O) groups is 1.